The topological polar surface area (TPSA) is 70.6 Å². The smallest absolute Gasteiger partial charge is 0.232 e. The largest absolute Gasteiger partial charge is 0.342 e. The molecule has 3 heterocycles. The molecule has 2 aromatic rings. The molecule has 0 aliphatic carbocycles. The molecule has 0 unspecified atom stereocenters. The van der Waals surface area contributed by atoms with Crippen molar-refractivity contribution in [3.05, 3.63) is 34.2 Å². The van der Waals surface area contributed by atoms with E-state index in [1.807, 2.05) is 22.4 Å². The minimum Gasteiger partial charge on any atom is -0.342 e. The third-order valence-electron chi connectivity index (χ3n) is 5.17. The first-order valence-corrected chi connectivity index (χ1v) is 12.0. The molecule has 0 radical (unpaired) electrons. The highest BCUT2D eigenvalue weighted by Gasteiger charge is 2.24. The fourth-order valence-electron chi connectivity index (χ4n) is 3.80. The summed E-state index contributed by atoms with van der Waals surface area (Å²) in [5.41, 5.74) is 3.78. The molecule has 1 fully saturated rings. The predicted octanol–water partition coefficient (Wildman–Crippen LogP) is 2.69. The summed E-state index contributed by atoms with van der Waals surface area (Å²) < 4.78 is 25.5. The van der Waals surface area contributed by atoms with Crippen LogP contribution in [0.25, 0.3) is 11.3 Å². The van der Waals surface area contributed by atoms with E-state index in [0.717, 1.165) is 66.3 Å². The zero-order valence-corrected chi connectivity index (χ0v) is 17.0. The van der Waals surface area contributed by atoms with E-state index in [9.17, 15) is 13.2 Å². The van der Waals surface area contributed by atoms with E-state index in [0.29, 0.717) is 13.0 Å². The quantitative estimate of drug-likeness (QED) is 0.767. The second kappa shape index (κ2) is 7.24. The van der Waals surface area contributed by atoms with Gasteiger partial charge in [-0.2, -0.15) is 0 Å². The van der Waals surface area contributed by atoms with E-state index in [2.05, 4.69) is 6.07 Å². The van der Waals surface area contributed by atoms with Crippen LogP contribution in [0.15, 0.2) is 23.6 Å². The highest BCUT2D eigenvalue weighted by atomic mass is 32.2. The van der Waals surface area contributed by atoms with Crippen molar-refractivity contribution in [2.75, 3.05) is 30.2 Å². The Morgan fingerprint density at radius 3 is 2.74 bits per heavy atom. The molecule has 144 valence electrons. The zero-order valence-electron chi connectivity index (χ0n) is 15.3. The third-order valence-corrected chi connectivity index (χ3v) is 7.26. The SMILES string of the molecule is CS(=O)(=O)N1CCCc2cc(-c3csc(CCN4CCCC4=O)n3)ccc21. The number of rotatable bonds is 5. The lowest BCUT2D eigenvalue weighted by molar-refractivity contribution is -0.127. The molecule has 0 N–H and O–H groups in total. The van der Waals surface area contributed by atoms with E-state index >= 15 is 0 Å². The van der Waals surface area contributed by atoms with Crippen molar-refractivity contribution in [2.24, 2.45) is 0 Å². The second-order valence-electron chi connectivity index (χ2n) is 7.14. The van der Waals surface area contributed by atoms with Crippen molar-refractivity contribution in [1.82, 2.24) is 9.88 Å². The van der Waals surface area contributed by atoms with Gasteiger partial charge in [-0.25, -0.2) is 13.4 Å². The number of benzene rings is 1. The molecular weight excluding hydrogens is 382 g/mol. The Hall–Kier alpha value is -1.93. The van der Waals surface area contributed by atoms with Crippen molar-refractivity contribution in [3.8, 4) is 11.3 Å². The van der Waals surface area contributed by atoms with Crippen LogP contribution in [0, 0.1) is 0 Å². The lowest BCUT2D eigenvalue weighted by Gasteiger charge is -2.29. The fourth-order valence-corrected chi connectivity index (χ4v) is 5.59. The third kappa shape index (κ3) is 3.87. The first-order chi connectivity index (χ1) is 12.9. The number of carbonyl (C=O) groups excluding carboxylic acids is 1. The average Bonchev–Trinajstić information content (AvgIpc) is 3.27. The van der Waals surface area contributed by atoms with Gasteiger partial charge in [-0.1, -0.05) is 6.07 Å². The minimum absolute atomic E-state index is 0.247. The average molecular weight is 406 g/mol. The van der Waals surface area contributed by atoms with Crippen LogP contribution >= 0.6 is 11.3 Å². The van der Waals surface area contributed by atoms with E-state index in [1.165, 1.54) is 10.6 Å². The lowest BCUT2D eigenvalue weighted by atomic mass is 10.00. The first-order valence-electron chi connectivity index (χ1n) is 9.25. The molecule has 0 atom stereocenters. The summed E-state index contributed by atoms with van der Waals surface area (Å²) in [6.45, 7) is 2.14. The van der Waals surface area contributed by atoms with Gasteiger partial charge in [-0.3, -0.25) is 9.10 Å². The molecular formula is C19H23N3O3S2. The number of nitrogens with zero attached hydrogens (tertiary/aromatic N) is 3. The molecule has 2 aliphatic heterocycles. The lowest BCUT2D eigenvalue weighted by Crippen LogP contribution is -2.34. The number of fused-ring (bicyclic) bond motifs is 1. The molecule has 1 aromatic carbocycles. The van der Waals surface area contributed by atoms with E-state index in [4.69, 9.17) is 4.98 Å². The van der Waals surface area contributed by atoms with Crippen molar-refractivity contribution in [2.45, 2.75) is 32.1 Å². The standard InChI is InChI=1S/C19H23N3O3S2/c1-27(24,25)22-10-2-4-15-12-14(6-7-17(15)22)16-13-26-18(20-16)8-11-21-9-3-5-19(21)23/h6-7,12-13H,2-5,8-11H2,1H3. The van der Waals surface area contributed by atoms with Crippen LogP contribution in [0.1, 0.15) is 29.8 Å². The number of carbonyl (C=O) groups is 1. The van der Waals surface area contributed by atoms with Crippen LogP contribution < -0.4 is 4.31 Å². The predicted molar refractivity (Wildman–Crippen MR) is 108 cm³/mol. The molecule has 0 saturated carbocycles. The minimum atomic E-state index is -3.25. The number of sulfonamides is 1. The van der Waals surface area contributed by atoms with Gasteiger partial charge in [0.05, 0.1) is 22.6 Å². The van der Waals surface area contributed by atoms with Gasteiger partial charge in [-0.05, 0) is 37.0 Å². The number of amides is 1. The first kappa shape index (κ1) is 18.4. The van der Waals surface area contributed by atoms with Crippen LogP contribution in [-0.4, -0.2) is 50.1 Å². The second-order valence-corrected chi connectivity index (χ2v) is 9.99. The number of likely N-dealkylation sites (tertiary alicyclic amines) is 1. The Kier molecular flexibility index (Phi) is 4.94. The summed E-state index contributed by atoms with van der Waals surface area (Å²) in [6.07, 6.45) is 5.38. The molecule has 8 heteroatoms. The van der Waals surface area contributed by atoms with Gasteiger partial charge in [0.15, 0.2) is 0 Å². The number of anilines is 1. The van der Waals surface area contributed by atoms with Crippen LogP contribution in [-0.2, 0) is 27.7 Å². The van der Waals surface area contributed by atoms with Gasteiger partial charge in [0.25, 0.3) is 0 Å². The molecule has 2 aliphatic rings. The zero-order chi connectivity index (χ0) is 19.0. The van der Waals surface area contributed by atoms with Gasteiger partial charge in [0.1, 0.15) is 0 Å². The van der Waals surface area contributed by atoms with Crippen LogP contribution in [0.3, 0.4) is 0 Å². The van der Waals surface area contributed by atoms with Crippen LogP contribution in [0.5, 0.6) is 0 Å². The van der Waals surface area contributed by atoms with Crippen molar-refractivity contribution in [3.63, 3.8) is 0 Å². The molecule has 6 nitrogen and oxygen atoms in total. The van der Waals surface area contributed by atoms with Crippen LogP contribution in [0.2, 0.25) is 0 Å². The number of aromatic nitrogens is 1. The van der Waals surface area contributed by atoms with E-state index < -0.39 is 10.0 Å². The Bertz CT molecular complexity index is 968. The molecule has 0 spiro atoms. The van der Waals surface area contributed by atoms with Crippen LogP contribution in [0.4, 0.5) is 5.69 Å². The Morgan fingerprint density at radius 1 is 1.19 bits per heavy atom. The summed E-state index contributed by atoms with van der Waals surface area (Å²) in [4.78, 5) is 18.4. The molecule has 27 heavy (non-hydrogen) atoms. The number of hydrogen-bond acceptors (Lipinski definition) is 5. The monoisotopic (exact) mass is 405 g/mol. The number of thiazole rings is 1. The summed E-state index contributed by atoms with van der Waals surface area (Å²) in [5, 5.41) is 3.07. The van der Waals surface area contributed by atoms with Gasteiger partial charge in [0, 0.05) is 43.4 Å². The summed E-state index contributed by atoms with van der Waals surface area (Å²) in [6, 6.07) is 5.91. The van der Waals surface area contributed by atoms with Gasteiger partial charge in [-0.15, -0.1) is 11.3 Å². The maximum absolute atomic E-state index is 12.0. The van der Waals surface area contributed by atoms with Gasteiger partial charge >= 0.3 is 0 Å². The maximum atomic E-state index is 12.0. The summed E-state index contributed by atoms with van der Waals surface area (Å²) in [5.74, 6) is 0.247. The molecule has 1 amide bonds. The summed E-state index contributed by atoms with van der Waals surface area (Å²) >= 11 is 1.62. The van der Waals surface area contributed by atoms with Gasteiger partial charge < -0.3 is 4.90 Å². The maximum Gasteiger partial charge on any atom is 0.232 e. The number of aryl methyl sites for hydroxylation is 1. The van der Waals surface area contributed by atoms with Crippen molar-refractivity contribution in [1.29, 1.82) is 0 Å². The molecule has 1 saturated heterocycles. The summed E-state index contributed by atoms with van der Waals surface area (Å²) in [7, 11) is -3.25. The van der Waals surface area contributed by atoms with Crippen molar-refractivity contribution < 1.29 is 13.2 Å². The number of hydrogen-bond donors (Lipinski definition) is 0. The van der Waals surface area contributed by atoms with E-state index in [-0.39, 0.29) is 5.91 Å². The highest BCUT2D eigenvalue weighted by Crippen LogP contribution is 2.33. The Morgan fingerprint density at radius 2 is 2.00 bits per heavy atom. The fraction of sp³-hybridized carbons (Fsp3) is 0.474. The van der Waals surface area contributed by atoms with E-state index in [1.54, 1.807) is 11.3 Å². The molecule has 4 rings (SSSR count). The Balaban J connectivity index is 1.51. The molecule has 1 aromatic heterocycles. The highest BCUT2D eigenvalue weighted by molar-refractivity contribution is 7.92. The van der Waals surface area contributed by atoms with Crippen molar-refractivity contribution >= 4 is 33.0 Å². The van der Waals surface area contributed by atoms with Gasteiger partial charge in [0.2, 0.25) is 15.9 Å². The normalized spacial score (nSPS) is 17.4. The Labute approximate surface area is 163 Å². The molecule has 0 bridgehead atoms.